The van der Waals surface area contributed by atoms with E-state index in [2.05, 4.69) is 36.5 Å². The van der Waals surface area contributed by atoms with E-state index in [-0.39, 0.29) is 10.7 Å². The quantitative estimate of drug-likeness (QED) is 0.292. The molecule has 0 bridgehead atoms. The molecule has 0 radical (unpaired) electrons. The largest absolute Gasteiger partial charge is 0.495 e. The van der Waals surface area contributed by atoms with Crippen molar-refractivity contribution in [1.29, 1.82) is 0 Å². The molecule has 0 aliphatic heterocycles. The molecule has 1 amide bonds. The molecule has 0 fully saturated rings. The second-order valence-corrected chi connectivity index (χ2v) is 8.90. The van der Waals surface area contributed by atoms with E-state index in [9.17, 15) is 4.79 Å². The summed E-state index contributed by atoms with van der Waals surface area (Å²) in [6, 6.07) is 19.1. The highest BCUT2D eigenvalue weighted by Gasteiger charge is 2.11. The van der Waals surface area contributed by atoms with Gasteiger partial charge in [-0.05, 0) is 60.5 Å². The van der Waals surface area contributed by atoms with Crippen LogP contribution in [0.15, 0.2) is 67.0 Å². The lowest BCUT2D eigenvalue weighted by molar-refractivity contribution is -0.115. The first kappa shape index (κ1) is 22.0. The van der Waals surface area contributed by atoms with Crippen molar-refractivity contribution in [1.82, 2.24) is 9.97 Å². The van der Waals surface area contributed by atoms with E-state index in [1.165, 1.54) is 6.33 Å². The lowest BCUT2D eigenvalue weighted by Gasteiger charge is -2.12. The maximum Gasteiger partial charge on any atom is 0.237 e. The number of anilines is 3. The fourth-order valence-corrected chi connectivity index (χ4v) is 3.61. The maximum absolute atomic E-state index is 12.0. The van der Waals surface area contributed by atoms with E-state index >= 15 is 0 Å². The molecular formula is C24H20BrClN4O2. The van der Waals surface area contributed by atoms with Crippen LogP contribution in [0, 0.1) is 0 Å². The number of nitrogens with one attached hydrogen (secondary N) is 2. The van der Waals surface area contributed by atoms with Crippen molar-refractivity contribution in [3.63, 3.8) is 0 Å². The van der Waals surface area contributed by atoms with Crippen LogP contribution in [-0.2, 0) is 4.79 Å². The van der Waals surface area contributed by atoms with Gasteiger partial charge in [0.05, 0.1) is 22.5 Å². The van der Waals surface area contributed by atoms with Crippen LogP contribution in [-0.4, -0.2) is 27.8 Å². The van der Waals surface area contributed by atoms with Gasteiger partial charge in [-0.15, -0.1) is 0 Å². The highest BCUT2D eigenvalue weighted by atomic mass is 79.9. The average Bonchev–Trinajstić information content (AvgIpc) is 2.79. The third kappa shape index (κ3) is 4.84. The fraction of sp³-hybridized carbons (Fsp3) is 0.125. The molecule has 0 aliphatic rings. The predicted octanol–water partition coefficient (Wildman–Crippen LogP) is 6.42. The van der Waals surface area contributed by atoms with E-state index < -0.39 is 0 Å². The number of methoxy groups -OCH3 is 1. The number of benzene rings is 3. The van der Waals surface area contributed by atoms with Gasteiger partial charge in [0, 0.05) is 16.8 Å². The zero-order chi connectivity index (χ0) is 22.7. The van der Waals surface area contributed by atoms with Crippen molar-refractivity contribution in [3.8, 4) is 16.9 Å². The van der Waals surface area contributed by atoms with Gasteiger partial charge in [-0.2, -0.15) is 0 Å². The number of hydrogen-bond donors (Lipinski definition) is 2. The van der Waals surface area contributed by atoms with Gasteiger partial charge in [0.2, 0.25) is 5.91 Å². The Morgan fingerprint density at radius 3 is 2.59 bits per heavy atom. The second-order valence-electron chi connectivity index (χ2n) is 7.11. The van der Waals surface area contributed by atoms with Gasteiger partial charge in [0.15, 0.2) is 0 Å². The van der Waals surface area contributed by atoms with Gasteiger partial charge in [-0.25, -0.2) is 9.97 Å². The van der Waals surface area contributed by atoms with Crippen molar-refractivity contribution < 1.29 is 9.53 Å². The van der Waals surface area contributed by atoms with Crippen LogP contribution in [0.1, 0.15) is 6.92 Å². The highest BCUT2D eigenvalue weighted by molar-refractivity contribution is 9.10. The fourth-order valence-electron chi connectivity index (χ4n) is 3.23. The van der Waals surface area contributed by atoms with E-state index in [0.29, 0.717) is 16.6 Å². The van der Waals surface area contributed by atoms with Crippen LogP contribution in [0.4, 0.5) is 17.2 Å². The number of carbonyl (C=O) groups excluding carboxylic acids is 1. The molecular weight excluding hydrogens is 492 g/mol. The van der Waals surface area contributed by atoms with Crippen molar-refractivity contribution in [2.24, 2.45) is 0 Å². The summed E-state index contributed by atoms with van der Waals surface area (Å²) in [5, 5.41) is 7.59. The number of ether oxygens (including phenoxy) is 1. The van der Waals surface area contributed by atoms with Gasteiger partial charge < -0.3 is 15.4 Å². The van der Waals surface area contributed by atoms with Crippen LogP contribution in [0.2, 0.25) is 5.02 Å². The summed E-state index contributed by atoms with van der Waals surface area (Å²) in [7, 11) is 1.58. The summed E-state index contributed by atoms with van der Waals surface area (Å²) in [5.74, 6) is 1.17. The number of nitrogens with zero attached hydrogens (tertiary/aromatic N) is 2. The average molecular weight is 512 g/mol. The molecule has 0 saturated carbocycles. The first-order chi connectivity index (χ1) is 15.4. The van der Waals surface area contributed by atoms with Crippen LogP contribution >= 0.6 is 27.5 Å². The molecule has 8 heteroatoms. The Morgan fingerprint density at radius 1 is 1.03 bits per heavy atom. The Hall–Kier alpha value is -3.16. The SMILES string of the molecule is COc1ccc(Nc2ncnc3ccc(-c4cccc(NC(=O)C(C)Br)c4)cc23)cc1Cl. The van der Waals surface area contributed by atoms with E-state index in [1.54, 1.807) is 26.2 Å². The Kier molecular flexibility index (Phi) is 6.58. The Bertz CT molecular complexity index is 1300. The van der Waals surface area contributed by atoms with Crippen molar-refractivity contribution in [2.75, 3.05) is 17.7 Å². The first-order valence-electron chi connectivity index (χ1n) is 9.85. The summed E-state index contributed by atoms with van der Waals surface area (Å²) in [5.41, 5.74) is 4.27. The van der Waals surface area contributed by atoms with E-state index in [1.807, 2.05) is 48.5 Å². The van der Waals surface area contributed by atoms with Gasteiger partial charge in [0.1, 0.15) is 17.9 Å². The Morgan fingerprint density at radius 2 is 1.84 bits per heavy atom. The van der Waals surface area contributed by atoms with Crippen LogP contribution < -0.4 is 15.4 Å². The summed E-state index contributed by atoms with van der Waals surface area (Å²) in [6.45, 7) is 1.78. The highest BCUT2D eigenvalue weighted by Crippen LogP contribution is 2.32. The zero-order valence-corrected chi connectivity index (χ0v) is 19.7. The summed E-state index contributed by atoms with van der Waals surface area (Å²) in [6.07, 6.45) is 1.52. The minimum Gasteiger partial charge on any atom is -0.495 e. The van der Waals surface area contributed by atoms with Crippen molar-refractivity contribution >= 4 is 61.5 Å². The third-order valence-corrected chi connectivity index (χ3v) is 5.59. The molecule has 1 heterocycles. The molecule has 4 rings (SSSR count). The Balaban J connectivity index is 1.69. The Labute approximate surface area is 199 Å². The molecule has 3 aromatic carbocycles. The van der Waals surface area contributed by atoms with Gasteiger partial charge in [0.25, 0.3) is 0 Å². The molecule has 0 aliphatic carbocycles. The summed E-state index contributed by atoms with van der Waals surface area (Å²) >= 11 is 9.55. The van der Waals surface area contributed by atoms with Crippen molar-refractivity contribution in [2.45, 2.75) is 11.8 Å². The third-order valence-electron chi connectivity index (χ3n) is 4.87. The standard InChI is InChI=1S/C24H20BrClN4O2/c1-14(25)24(31)30-17-5-3-4-15(10-17)16-6-8-21-19(11-16)23(28-13-27-21)29-18-7-9-22(32-2)20(26)12-18/h3-14H,1-2H3,(H,30,31)(H,27,28,29). The van der Waals surface area contributed by atoms with Crippen LogP contribution in [0.25, 0.3) is 22.0 Å². The molecule has 1 unspecified atom stereocenters. The molecule has 1 atom stereocenters. The molecule has 162 valence electrons. The van der Waals surface area contributed by atoms with Gasteiger partial charge >= 0.3 is 0 Å². The lowest BCUT2D eigenvalue weighted by atomic mass is 10.0. The molecule has 32 heavy (non-hydrogen) atoms. The molecule has 2 N–H and O–H groups in total. The molecule has 0 spiro atoms. The van der Waals surface area contributed by atoms with Crippen LogP contribution in [0.5, 0.6) is 5.75 Å². The zero-order valence-electron chi connectivity index (χ0n) is 17.4. The second kappa shape index (κ2) is 9.54. The normalized spacial score (nSPS) is 11.8. The monoisotopic (exact) mass is 510 g/mol. The van der Waals surface area contributed by atoms with Gasteiger partial charge in [-0.3, -0.25) is 4.79 Å². The first-order valence-corrected chi connectivity index (χ1v) is 11.1. The van der Waals surface area contributed by atoms with Crippen LogP contribution in [0.3, 0.4) is 0 Å². The number of carbonyl (C=O) groups is 1. The number of aromatic nitrogens is 2. The number of halogens is 2. The molecule has 4 aromatic rings. The number of amides is 1. The van der Waals surface area contributed by atoms with E-state index in [0.717, 1.165) is 33.4 Å². The van der Waals surface area contributed by atoms with Gasteiger partial charge in [-0.1, -0.05) is 45.7 Å². The topological polar surface area (TPSA) is 76.1 Å². The number of fused-ring (bicyclic) bond motifs is 1. The number of hydrogen-bond acceptors (Lipinski definition) is 5. The summed E-state index contributed by atoms with van der Waals surface area (Å²) in [4.78, 5) is 20.6. The lowest BCUT2D eigenvalue weighted by Crippen LogP contribution is -2.19. The number of alkyl halides is 1. The maximum atomic E-state index is 12.0. The number of rotatable bonds is 6. The molecule has 1 aromatic heterocycles. The minimum absolute atomic E-state index is 0.0984. The molecule has 0 saturated heterocycles. The predicted molar refractivity (Wildman–Crippen MR) is 133 cm³/mol. The smallest absolute Gasteiger partial charge is 0.237 e. The minimum atomic E-state index is -0.274. The van der Waals surface area contributed by atoms with Crippen molar-refractivity contribution in [3.05, 3.63) is 72.0 Å². The molecule has 6 nitrogen and oxygen atoms in total. The van der Waals surface area contributed by atoms with E-state index in [4.69, 9.17) is 16.3 Å². The summed E-state index contributed by atoms with van der Waals surface area (Å²) < 4.78 is 5.22.